The molecule has 3 aromatic rings. The van der Waals surface area contributed by atoms with E-state index >= 15 is 4.79 Å². The molecule has 0 aromatic heterocycles. The van der Waals surface area contributed by atoms with Crippen molar-refractivity contribution in [3.05, 3.63) is 91.0 Å². The molecular formula is C35H39Cl2IN2O5Si. The van der Waals surface area contributed by atoms with E-state index in [4.69, 9.17) is 32.4 Å². The van der Waals surface area contributed by atoms with E-state index in [9.17, 15) is 9.59 Å². The minimum absolute atomic E-state index is 0.0187. The van der Waals surface area contributed by atoms with Gasteiger partial charge in [-0.1, -0.05) is 62.2 Å². The van der Waals surface area contributed by atoms with Gasteiger partial charge in [-0.2, -0.15) is 0 Å². The maximum atomic E-state index is 15.3. The number of nitrogens with zero attached hydrogens (tertiary/aromatic N) is 1. The van der Waals surface area contributed by atoms with Gasteiger partial charge >= 0.3 is 6.09 Å². The van der Waals surface area contributed by atoms with Crippen LogP contribution in [0.25, 0.3) is 0 Å². The lowest BCUT2D eigenvalue weighted by atomic mass is 9.59. The zero-order valence-corrected chi connectivity index (χ0v) is 31.9. The molecule has 0 aliphatic carbocycles. The summed E-state index contributed by atoms with van der Waals surface area (Å²) in [6.07, 6.45) is -0.839. The lowest BCUT2D eigenvalue weighted by Crippen LogP contribution is -2.59. The number of hydrogen-bond donors (Lipinski definition) is 1. The summed E-state index contributed by atoms with van der Waals surface area (Å²) in [4.78, 5) is 44.1. The highest BCUT2D eigenvalue weighted by Gasteiger charge is 2.65. The van der Waals surface area contributed by atoms with Crippen molar-refractivity contribution in [2.24, 2.45) is 0 Å². The van der Waals surface area contributed by atoms with Crippen LogP contribution in [-0.2, 0) is 19.7 Å². The molecule has 7 nitrogen and oxygen atoms in total. The fourth-order valence-electron chi connectivity index (χ4n) is 6.13. The standard InChI is InChI=1S/C35H39Cl2IN2O5Si/c1-33(2,3)44-32(43)40-27-17-22(37)12-14-25(27)35(31(40)42)26(20-10-9-11-21(36)16-20)19-29(41)39-30(35)24-18-23(38)13-15-28(24)45-46(7,8)34(4,5)6/h9-18,26,30H,19H2,1-8H3,(H,39,41)/t26-,30+,35-/m0/s1. The number of nitrogens with one attached hydrogen (secondary N) is 1. The average molecular weight is 794 g/mol. The van der Waals surface area contributed by atoms with Crippen molar-refractivity contribution in [3.8, 4) is 5.75 Å². The molecule has 2 aliphatic rings. The zero-order chi connectivity index (χ0) is 34.0. The van der Waals surface area contributed by atoms with Crippen LogP contribution >= 0.6 is 45.8 Å². The van der Waals surface area contributed by atoms with Gasteiger partial charge in [-0.05, 0) is 115 Å². The molecule has 0 unspecified atom stereocenters. The third-order valence-corrected chi connectivity index (χ3v) is 14.7. The van der Waals surface area contributed by atoms with E-state index in [0.717, 1.165) is 8.47 Å². The van der Waals surface area contributed by atoms with Crippen molar-refractivity contribution in [2.45, 2.75) is 89.1 Å². The monoisotopic (exact) mass is 792 g/mol. The number of piperidine rings is 1. The Morgan fingerprint density at radius 2 is 1.65 bits per heavy atom. The molecular weight excluding hydrogens is 754 g/mol. The highest BCUT2D eigenvalue weighted by Crippen LogP contribution is 2.60. The van der Waals surface area contributed by atoms with Gasteiger partial charge in [-0.25, -0.2) is 9.69 Å². The zero-order valence-electron chi connectivity index (χ0n) is 27.3. The normalized spacial score (nSPS) is 21.7. The first kappa shape index (κ1) is 34.7. The molecule has 5 rings (SSSR count). The minimum atomic E-state index is -2.39. The van der Waals surface area contributed by atoms with Crippen LogP contribution in [0.5, 0.6) is 5.75 Å². The van der Waals surface area contributed by atoms with Gasteiger partial charge in [0.25, 0.3) is 0 Å². The first-order chi connectivity index (χ1) is 21.3. The summed E-state index contributed by atoms with van der Waals surface area (Å²) in [5.74, 6) is -0.881. The number of benzene rings is 3. The summed E-state index contributed by atoms with van der Waals surface area (Å²) in [7, 11) is -2.39. The van der Waals surface area contributed by atoms with Gasteiger partial charge in [0.1, 0.15) is 16.8 Å². The Kier molecular flexibility index (Phi) is 9.16. The fraction of sp³-hybridized carbons (Fsp3) is 0.400. The molecule has 3 atom stereocenters. The van der Waals surface area contributed by atoms with E-state index in [1.807, 2.05) is 24.3 Å². The molecule has 2 heterocycles. The third kappa shape index (κ3) is 6.20. The molecule has 46 heavy (non-hydrogen) atoms. The van der Waals surface area contributed by atoms with Crippen LogP contribution in [0.15, 0.2) is 60.7 Å². The topological polar surface area (TPSA) is 84.9 Å². The number of carbonyl (C=O) groups is 3. The van der Waals surface area contributed by atoms with E-state index in [1.165, 1.54) is 0 Å². The Bertz CT molecular complexity index is 1730. The molecule has 0 saturated carbocycles. The van der Waals surface area contributed by atoms with Gasteiger partial charge in [0, 0.05) is 31.5 Å². The van der Waals surface area contributed by atoms with Crippen LogP contribution in [0.1, 0.15) is 76.6 Å². The Morgan fingerprint density at radius 1 is 0.978 bits per heavy atom. The van der Waals surface area contributed by atoms with Crippen molar-refractivity contribution in [1.29, 1.82) is 0 Å². The molecule has 1 N–H and O–H groups in total. The second-order valence-electron chi connectivity index (χ2n) is 14.5. The first-order valence-electron chi connectivity index (χ1n) is 15.2. The Balaban J connectivity index is 1.85. The molecule has 3 aromatic carbocycles. The largest absolute Gasteiger partial charge is 0.543 e. The van der Waals surface area contributed by atoms with Gasteiger partial charge in [0.15, 0.2) is 0 Å². The van der Waals surface area contributed by atoms with E-state index in [0.29, 0.717) is 38.2 Å². The predicted octanol–water partition coefficient (Wildman–Crippen LogP) is 9.55. The Labute approximate surface area is 295 Å². The van der Waals surface area contributed by atoms with E-state index in [2.05, 4.69) is 61.8 Å². The van der Waals surface area contributed by atoms with Crippen LogP contribution in [-0.4, -0.2) is 31.8 Å². The highest BCUT2D eigenvalue weighted by atomic mass is 127. The summed E-state index contributed by atoms with van der Waals surface area (Å²) in [5.41, 5.74) is -0.150. The van der Waals surface area contributed by atoms with Gasteiger partial charge in [-0.3, -0.25) is 9.59 Å². The summed E-state index contributed by atoms with van der Waals surface area (Å²) < 4.78 is 13.6. The molecule has 3 amide bonds. The lowest BCUT2D eigenvalue weighted by molar-refractivity contribution is -0.132. The summed E-state index contributed by atoms with van der Waals surface area (Å²) in [6.45, 7) is 16.0. The Morgan fingerprint density at radius 3 is 2.28 bits per heavy atom. The van der Waals surface area contributed by atoms with Crippen molar-refractivity contribution in [2.75, 3.05) is 4.90 Å². The molecule has 1 spiro atoms. The smallest absolute Gasteiger partial charge is 0.421 e. The van der Waals surface area contributed by atoms with Crippen LogP contribution in [0, 0.1) is 3.57 Å². The van der Waals surface area contributed by atoms with Crippen LogP contribution in [0.2, 0.25) is 28.2 Å². The summed E-state index contributed by atoms with van der Waals surface area (Å²) >= 11 is 15.3. The number of imide groups is 1. The molecule has 0 bridgehead atoms. The quantitative estimate of drug-likeness (QED) is 0.210. The first-order valence-corrected chi connectivity index (χ1v) is 19.9. The van der Waals surface area contributed by atoms with Crippen LogP contribution in [0.3, 0.4) is 0 Å². The average Bonchev–Trinajstić information content (AvgIpc) is 3.16. The highest BCUT2D eigenvalue weighted by molar-refractivity contribution is 14.1. The lowest BCUT2D eigenvalue weighted by Gasteiger charge is -2.47. The fourth-order valence-corrected chi connectivity index (χ4v) is 8.05. The summed E-state index contributed by atoms with van der Waals surface area (Å²) in [6, 6.07) is 17.2. The van der Waals surface area contributed by atoms with Crippen molar-refractivity contribution < 1.29 is 23.5 Å². The number of ether oxygens (including phenoxy) is 1. The predicted molar refractivity (Wildman–Crippen MR) is 194 cm³/mol. The number of carbonyl (C=O) groups excluding carboxylic acids is 3. The second kappa shape index (κ2) is 12.1. The van der Waals surface area contributed by atoms with Gasteiger partial charge in [0.2, 0.25) is 20.1 Å². The van der Waals surface area contributed by atoms with Crippen LogP contribution in [0.4, 0.5) is 10.5 Å². The molecule has 0 radical (unpaired) electrons. The maximum Gasteiger partial charge on any atom is 0.421 e. The number of fused-ring (bicyclic) bond motifs is 2. The molecule has 244 valence electrons. The van der Waals surface area contributed by atoms with E-state index < -0.39 is 43.3 Å². The Hall–Kier alpha value is -2.60. The van der Waals surface area contributed by atoms with Gasteiger partial charge in [0.05, 0.1) is 11.7 Å². The number of anilines is 1. The van der Waals surface area contributed by atoms with Crippen molar-refractivity contribution in [3.63, 3.8) is 0 Å². The maximum absolute atomic E-state index is 15.3. The third-order valence-electron chi connectivity index (χ3n) is 9.18. The molecule has 11 heteroatoms. The number of hydrogen-bond acceptors (Lipinski definition) is 5. The van der Waals surface area contributed by atoms with Crippen molar-refractivity contribution >= 4 is 77.7 Å². The minimum Gasteiger partial charge on any atom is -0.543 e. The summed E-state index contributed by atoms with van der Waals surface area (Å²) in [5, 5.41) is 3.89. The van der Waals surface area contributed by atoms with E-state index in [-0.39, 0.29) is 17.4 Å². The molecule has 1 saturated heterocycles. The van der Waals surface area contributed by atoms with Gasteiger partial charge < -0.3 is 14.5 Å². The number of amides is 3. The number of halogens is 3. The molecule has 2 aliphatic heterocycles. The second-order valence-corrected chi connectivity index (χ2v) is 21.4. The van der Waals surface area contributed by atoms with E-state index in [1.54, 1.807) is 57.2 Å². The SMILES string of the molecule is CC(C)(C)OC(=O)N1C(=O)[C@]2(c3ccc(Cl)cc31)[C@@H](c1cc(I)ccc1O[Si](C)(C)C(C)(C)C)NC(=O)C[C@H]2c1cccc(Cl)c1. The van der Waals surface area contributed by atoms with Gasteiger partial charge in [-0.15, -0.1) is 0 Å². The van der Waals surface area contributed by atoms with Crippen LogP contribution < -0.4 is 14.6 Å². The van der Waals surface area contributed by atoms with Crippen molar-refractivity contribution in [1.82, 2.24) is 5.32 Å². The number of rotatable bonds is 4. The molecule has 1 fully saturated rings.